The molecule has 1 amide bonds. The lowest BCUT2D eigenvalue weighted by molar-refractivity contribution is -0.0344. The monoisotopic (exact) mass is 577 g/mol. The second kappa shape index (κ2) is 10.8. The average Bonchev–Trinajstić information content (AvgIpc) is 3.27. The summed E-state index contributed by atoms with van der Waals surface area (Å²) in [4.78, 5) is 24.3. The number of halogens is 3. The fourth-order valence-corrected chi connectivity index (χ4v) is 6.25. The van der Waals surface area contributed by atoms with Crippen LogP contribution in [0.2, 0.25) is 0 Å². The summed E-state index contributed by atoms with van der Waals surface area (Å²) >= 11 is 0. The largest absolute Gasteiger partial charge is 0.488 e. The van der Waals surface area contributed by atoms with E-state index in [0.717, 1.165) is 25.9 Å². The normalized spacial score (nSPS) is 20.4. The minimum Gasteiger partial charge on any atom is -0.488 e. The number of hydrogen-bond donors (Lipinski definition) is 1. The molecule has 6 rings (SSSR count). The van der Waals surface area contributed by atoms with Crippen molar-refractivity contribution in [2.75, 3.05) is 24.6 Å². The van der Waals surface area contributed by atoms with Crippen molar-refractivity contribution in [3.05, 3.63) is 65.7 Å². The number of rotatable bonds is 8. The van der Waals surface area contributed by atoms with Crippen molar-refractivity contribution in [2.45, 2.75) is 57.1 Å². The quantitative estimate of drug-likeness (QED) is 0.376. The molecule has 1 N–H and O–H groups in total. The maximum atomic E-state index is 13.8. The first-order chi connectivity index (χ1) is 20.2. The van der Waals surface area contributed by atoms with Crippen molar-refractivity contribution in [1.29, 1.82) is 5.26 Å². The lowest BCUT2D eigenvalue weighted by Gasteiger charge is -2.59. The smallest absolute Gasteiger partial charge is 0.273 e. The molecule has 2 saturated carbocycles. The highest BCUT2D eigenvalue weighted by Gasteiger charge is 2.54. The first-order valence-electron chi connectivity index (χ1n) is 14.1. The molecule has 1 atom stereocenters. The third-order valence-corrected chi connectivity index (χ3v) is 8.23. The van der Waals surface area contributed by atoms with Crippen LogP contribution in [0.15, 0.2) is 48.7 Å². The van der Waals surface area contributed by atoms with Gasteiger partial charge in [-0.1, -0.05) is 0 Å². The summed E-state index contributed by atoms with van der Waals surface area (Å²) in [7, 11) is 0. The predicted octanol–water partition coefficient (Wildman–Crippen LogP) is 5.52. The lowest BCUT2D eigenvalue weighted by Crippen LogP contribution is -2.65. The zero-order valence-corrected chi connectivity index (χ0v) is 23.1. The molecule has 1 unspecified atom stereocenters. The third-order valence-electron chi connectivity index (χ3n) is 8.23. The van der Waals surface area contributed by atoms with Gasteiger partial charge in [-0.2, -0.15) is 5.26 Å². The summed E-state index contributed by atoms with van der Waals surface area (Å²) in [6.07, 6.45) is 2.43. The summed E-state index contributed by atoms with van der Waals surface area (Å²) in [5, 5.41) is 12.1. The number of carbonyl (C=O) groups excluding carboxylic acids is 1. The number of aromatic nitrogens is 2. The van der Waals surface area contributed by atoms with Gasteiger partial charge in [0.15, 0.2) is 11.4 Å². The summed E-state index contributed by atoms with van der Waals surface area (Å²) in [6, 6.07) is 12.6. The molecule has 3 fully saturated rings. The molecule has 1 aliphatic heterocycles. The van der Waals surface area contributed by atoms with Crippen molar-refractivity contribution < 1.29 is 27.4 Å². The maximum Gasteiger partial charge on any atom is 0.273 e. The molecule has 8 nitrogen and oxygen atoms in total. The van der Waals surface area contributed by atoms with Gasteiger partial charge in [-0.25, -0.2) is 23.1 Å². The van der Waals surface area contributed by atoms with Crippen LogP contribution in [-0.4, -0.2) is 53.6 Å². The van der Waals surface area contributed by atoms with Crippen LogP contribution in [0.3, 0.4) is 0 Å². The SMILES string of the molecule is CCOc1ncccc1-c1ccc(OC2CC3(C2)CN(c2ccc(F)cc2C#N)C3)c(C(=O)NC2CCC(F)(F)C2)n1. The molecule has 1 saturated heterocycles. The van der Waals surface area contributed by atoms with E-state index in [1.54, 1.807) is 36.5 Å². The fraction of sp³-hybridized carbons (Fsp3) is 0.419. The number of nitriles is 1. The molecule has 1 aromatic carbocycles. The van der Waals surface area contributed by atoms with Crippen LogP contribution < -0.4 is 19.7 Å². The van der Waals surface area contributed by atoms with E-state index >= 15 is 0 Å². The Morgan fingerprint density at radius 3 is 2.71 bits per heavy atom. The standard InChI is InChI=1S/C31H30F3N5O3/c1-2-41-29-23(4-3-11-36-29)24-6-8-26(27(38-24)28(40)37-21-9-10-31(33,34)13-21)42-22-14-30(15-22)17-39(18-30)25-7-5-20(32)12-19(25)16-35/h3-8,11-12,21-22H,2,9-10,13-15,17-18H2,1H3,(H,37,40). The van der Waals surface area contributed by atoms with Gasteiger partial charge >= 0.3 is 0 Å². The molecular weight excluding hydrogens is 547 g/mol. The molecule has 1 spiro atoms. The first kappa shape index (κ1) is 27.8. The van der Waals surface area contributed by atoms with Crippen LogP contribution in [0.5, 0.6) is 11.6 Å². The Labute approximate surface area is 241 Å². The molecule has 2 aromatic heterocycles. The lowest BCUT2D eigenvalue weighted by atomic mass is 9.61. The highest BCUT2D eigenvalue weighted by atomic mass is 19.3. The fourth-order valence-electron chi connectivity index (χ4n) is 6.25. The Hall–Kier alpha value is -4.33. The minimum atomic E-state index is -2.80. The van der Waals surface area contributed by atoms with E-state index in [9.17, 15) is 23.2 Å². The number of benzene rings is 1. The zero-order chi connectivity index (χ0) is 29.5. The highest BCUT2D eigenvalue weighted by Crippen LogP contribution is 2.51. The number of amides is 1. The van der Waals surface area contributed by atoms with Gasteiger partial charge in [-0.05, 0) is 68.7 Å². The Balaban J connectivity index is 1.18. The molecule has 2 aliphatic carbocycles. The number of hydrogen-bond acceptors (Lipinski definition) is 7. The van der Waals surface area contributed by atoms with Crippen molar-refractivity contribution in [1.82, 2.24) is 15.3 Å². The predicted molar refractivity (Wildman–Crippen MR) is 148 cm³/mol. The molecule has 0 bridgehead atoms. The molecule has 11 heteroatoms. The zero-order valence-electron chi connectivity index (χ0n) is 23.1. The Bertz CT molecular complexity index is 1550. The number of pyridine rings is 2. The van der Waals surface area contributed by atoms with Crippen molar-refractivity contribution in [2.24, 2.45) is 5.41 Å². The Morgan fingerprint density at radius 2 is 2.00 bits per heavy atom. The van der Waals surface area contributed by atoms with Crippen LogP contribution in [0.1, 0.15) is 55.1 Å². The van der Waals surface area contributed by atoms with Crippen molar-refractivity contribution >= 4 is 11.6 Å². The number of ether oxygens (including phenoxy) is 2. The summed E-state index contributed by atoms with van der Waals surface area (Å²) in [6.45, 7) is 3.67. The van der Waals surface area contributed by atoms with E-state index in [4.69, 9.17) is 9.47 Å². The van der Waals surface area contributed by atoms with Gasteiger partial charge in [0.2, 0.25) is 11.8 Å². The van der Waals surface area contributed by atoms with Gasteiger partial charge in [-0.15, -0.1) is 0 Å². The van der Waals surface area contributed by atoms with E-state index in [1.807, 2.05) is 6.92 Å². The number of carbonyl (C=O) groups is 1. The molecule has 42 heavy (non-hydrogen) atoms. The second-order valence-electron chi connectivity index (χ2n) is 11.4. The number of nitrogens with zero attached hydrogens (tertiary/aromatic N) is 4. The third kappa shape index (κ3) is 5.45. The van der Waals surface area contributed by atoms with Crippen LogP contribution >= 0.6 is 0 Å². The summed E-state index contributed by atoms with van der Waals surface area (Å²) in [5.74, 6) is -3.15. The number of anilines is 1. The van der Waals surface area contributed by atoms with Gasteiger partial charge in [0.05, 0.1) is 29.1 Å². The van der Waals surface area contributed by atoms with Gasteiger partial charge in [-0.3, -0.25) is 4.79 Å². The maximum absolute atomic E-state index is 13.8. The van der Waals surface area contributed by atoms with Gasteiger partial charge in [0, 0.05) is 43.6 Å². The van der Waals surface area contributed by atoms with Crippen LogP contribution in [0, 0.1) is 22.6 Å². The molecule has 0 radical (unpaired) electrons. The van der Waals surface area contributed by atoms with Crippen LogP contribution in [0.25, 0.3) is 11.3 Å². The minimum absolute atomic E-state index is 0.0130. The van der Waals surface area contributed by atoms with Gasteiger partial charge in [0.25, 0.3) is 5.91 Å². The summed E-state index contributed by atoms with van der Waals surface area (Å²) < 4.78 is 53.1. The number of alkyl halides is 2. The first-order valence-corrected chi connectivity index (χ1v) is 14.1. The molecule has 3 aliphatic rings. The molecule has 3 aromatic rings. The topological polar surface area (TPSA) is 100 Å². The van der Waals surface area contributed by atoms with E-state index in [-0.39, 0.29) is 35.8 Å². The van der Waals surface area contributed by atoms with Gasteiger partial charge < -0.3 is 19.7 Å². The molecular formula is C31H30F3N5O3. The highest BCUT2D eigenvalue weighted by molar-refractivity contribution is 5.96. The number of nitrogens with one attached hydrogen (secondary N) is 1. The van der Waals surface area contributed by atoms with E-state index in [1.165, 1.54) is 12.1 Å². The van der Waals surface area contributed by atoms with Crippen LogP contribution in [0.4, 0.5) is 18.9 Å². The van der Waals surface area contributed by atoms with E-state index in [2.05, 4.69) is 26.3 Å². The van der Waals surface area contributed by atoms with Gasteiger partial charge in [0.1, 0.15) is 18.0 Å². The average molecular weight is 578 g/mol. The molecule has 218 valence electrons. The van der Waals surface area contributed by atoms with Crippen molar-refractivity contribution in [3.63, 3.8) is 0 Å². The van der Waals surface area contributed by atoms with Crippen molar-refractivity contribution in [3.8, 4) is 29.0 Å². The molecule has 3 heterocycles. The second-order valence-corrected chi connectivity index (χ2v) is 11.4. The Morgan fingerprint density at radius 1 is 1.19 bits per heavy atom. The van der Waals surface area contributed by atoms with Crippen LogP contribution in [-0.2, 0) is 0 Å². The Kier molecular flexibility index (Phi) is 7.17. The van der Waals surface area contributed by atoms with E-state index < -0.39 is 30.1 Å². The van der Waals surface area contributed by atoms with E-state index in [0.29, 0.717) is 35.0 Å². The summed E-state index contributed by atoms with van der Waals surface area (Å²) in [5.41, 5.74) is 2.11.